The van der Waals surface area contributed by atoms with Crippen LogP contribution in [-0.4, -0.2) is 28.0 Å². The van der Waals surface area contributed by atoms with Crippen molar-refractivity contribution in [1.29, 1.82) is 0 Å². The molecule has 8 heteroatoms. The van der Waals surface area contributed by atoms with Crippen LogP contribution in [0.4, 0.5) is 20.4 Å². The number of rotatable bonds is 4. The average molecular weight is 334 g/mol. The van der Waals surface area contributed by atoms with Gasteiger partial charge in [-0.3, -0.25) is 10.1 Å². The summed E-state index contributed by atoms with van der Waals surface area (Å²) in [5, 5.41) is 10.6. The van der Waals surface area contributed by atoms with Crippen LogP contribution in [0, 0.1) is 27.7 Å². The van der Waals surface area contributed by atoms with Gasteiger partial charge in [0.25, 0.3) is 0 Å². The summed E-state index contributed by atoms with van der Waals surface area (Å²) in [7, 11) is 0. The van der Waals surface area contributed by atoms with Crippen LogP contribution in [0.25, 0.3) is 0 Å². The third-order valence-corrected chi connectivity index (χ3v) is 4.24. The zero-order chi connectivity index (χ0) is 17.1. The lowest BCUT2D eigenvalue weighted by molar-refractivity contribution is -0.385. The van der Waals surface area contributed by atoms with Gasteiger partial charge in [-0.1, -0.05) is 6.07 Å². The Morgan fingerprint density at radius 2 is 1.83 bits per heavy atom. The number of nitro groups is 1. The molecule has 24 heavy (non-hydrogen) atoms. The van der Waals surface area contributed by atoms with E-state index < -0.39 is 16.6 Å². The highest BCUT2D eigenvalue weighted by molar-refractivity contribution is 5.34. The van der Waals surface area contributed by atoms with E-state index >= 15 is 0 Å². The van der Waals surface area contributed by atoms with Crippen LogP contribution >= 0.6 is 0 Å². The standard InChI is InChI=1S/C16H16F2N4O2/c17-14-2-1-12(8-15(14)18)7-11-3-5-21(6-4-11)16-19-9-13(10-20-16)22(23)24/h1-2,8-11H,3-7H2. The predicted molar refractivity (Wildman–Crippen MR) is 83.7 cm³/mol. The van der Waals surface area contributed by atoms with Crippen LogP contribution in [0.3, 0.4) is 0 Å². The van der Waals surface area contributed by atoms with Crippen molar-refractivity contribution in [1.82, 2.24) is 9.97 Å². The Balaban J connectivity index is 1.57. The topological polar surface area (TPSA) is 72.2 Å². The molecule has 1 aliphatic rings. The zero-order valence-corrected chi connectivity index (χ0v) is 12.9. The van der Waals surface area contributed by atoms with Gasteiger partial charge in [-0.25, -0.2) is 18.7 Å². The van der Waals surface area contributed by atoms with Crippen molar-refractivity contribution >= 4 is 11.6 Å². The van der Waals surface area contributed by atoms with E-state index in [2.05, 4.69) is 9.97 Å². The SMILES string of the molecule is O=[N+]([O-])c1cnc(N2CCC(Cc3ccc(F)c(F)c3)CC2)nc1. The Hall–Kier alpha value is -2.64. The summed E-state index contributed by atoms with van der Waals surface area (Å²) in [6.45, 7) is 1.46. The summed E-state index contributed by atoms with van der Waals surface area (Å²) in [6.07, 6.45) is 4.86. The van der Waals surface area contributed by atoms with Crippen molar-refractivity contribution in [3.63, 3.8) is 0 Å². The Labute approximate surface area is 137 Å². The molecule has 0 atom stereocenters. The first-order valence-electron chi connectivity index (χ1n) is 7.68. The molecule has 3 rings (SSSR count). The van der Waals surface area contributed by atoms with Crippen molar-refractivity contribution in [3.05, 3.63) is 57.9 Å². The Kier molecular flexibility index (Phi) is 4.64. The van der Waals surface area contributed by atoms with E-state index in [9.17, 15) is 18.9 Å². The van der Waals surface area contributed by atoms with Crippen molar-refractivity contribution in [2.75, 3.05) is 18.0 Å². The molecular weight excluding hydrogens is 318 g/mol. The molecule has 0 N–H and O–H groups in total. The first kappa shape index (κ1) is 16.2. The van der Waals surface area contributed by atoms with Crippen molar-refractivity contribution in [3.8, 4) is 0 Å². The fourth-order valence-corrected chi connectivity index (χ4v) is 2.91. The molecule has 0 amide bonds. The van der Waals surface area contributed by atoms with Gasteiger partial charge in [0.15, 0.2) is 11.6 Å². The predicted octanol–water partition coefficient (Wildman–Crippen LogP) is 3.12. The number of hydrogen-bond acceptors (Lipinski definition) is 5. The van der Waals surface area contributed by atoms with Crippen molar-refractivity contribution in [2.45, 2.75) is 19.3 Å². The van der Waals surface area contributed by atoms with E-state index in [1.54, 1.807) is 6.07 Å². The maximum Gasteiger partial charge on any atom is 0.305 e. The summed E-state index contributed by atoms with van der Waals surface area (Å²) in [5.74, 6) is -0.788. The highest BCUT2D eigenvalue weighted by atomic mass is 19.2. The smallest absolute Gasteiger partial charge is 0.305 e. The molecule has 1 aliphatic heterocycles. The molecule has 6 nitrogen and oxygen atoms in total. The number of anilines is 1. The normalized spacial score (nSPS) is 15.5. The second-order valence-corrected chi connectivity index (χ2v) is 5.88. The second-order valence-electron chi connectivity index (χ2n) is 5.88. The molecule has 0 aliphatic carbocycles. The number of benzene rings is 1. The Morgan fingerprint density at radius 3 is 2.42 bits per heavy atom. The largest absolute Gasteiger partial charge is 0.341 e. The van der Waals surface area contributed by atoms with E-state index in [1.807, 2.05) is 4.90 Å². The molecule has 0 bridgehead atoms. The second kappa shape index (κ2) is 6.86. The summed E-state index contributed by atoms with van der Waals surface area (Å²) < 4.78 is 26.2. The van der Waals surface area contributed by atoms with E-state index in [1.165, 1.54) is 18.5 Å². The molecule has 1 aromatic carbocycles. The molecule has 1 aromatic heterocycles. The van der Waals surface area contributed by atoms with Gasteiger partial charge in [-0.2, -0.15) is 0 Å². The van der Waals surface area contributed by atoms with Crippen molar-refractivity contribution < 1.29 is 13.7 Å². The quantitative estimate of drug-likeness (QED) is 0.634. The molecule has 0 saturated carbocycles. The Morgan fingerprint density at radius 1 is 1.17 bits per heavy atom. The van der Waals surface area contributed by atoms with Gasteiger partial charge in [-0.05, 0) is 42.9 Å². The molecule has 0 radical (unpaired) electrons. The molecule has 0 spiro atoms. The molecule has 1 saturated heterocycles. The van der Waals surface area contributed by atoms with E-state index in [-0.39, 0.29) is 5.69 Å². The first-order chi connectivity index (χ1) is 11.5. The van der Waals surface area contributed by atoms with Gasteiger partial charge < -0.3 is 4.90 Å². The van der Waals surface area contributed by atoms with Crippen LogP contribution in [0.5, 0.6) is 0 Å². The summed E-state index contributed by atoms with van der Waals surface area (Å²) in [4.78, 5) is 20.1. The lowest BCUT2D eigenvalue weighted by atomic mass is 9.90. The summed E-state index contributed by atoms with van der Waals surface area (Å²) in [6, 6.07) is 4.02. The molecule has 2 aromatic rings. The van der Waals surface area contributed by atoms with Crippen LogP contribution in [0.1, 0.15) is 18.4 Å². The average Bonchev–Trinajstić information content (AvgIpc) is 2.59. The molecular formula is C16H16F2N4O2. The van der Waals surface area contributed by atoms with Gasteiger partial charge in [0, 0.05) is 13.1 Å². The minimum atomic E-state index is -0.830. The minimum Gasteiger partial charge on any atom is -0.341 e. The highest BCUT2D eigenvalue weighted by Gasteiger charge is 2.22. The van der Waals surface area contributed by atoms with Gasteiger partial charge >= 0.3 is 5.69 Å². The number of aromatic nitrogens is 2. The molecule has 1 fully saturated rings. The molecule has 126 valence electrons. The van der Waals surface area contributed by atoms with Crippen LogP contribution in [-0.2, 0) is 6.42 Å². The third-order valence-electron chi connectivity index (χ3n) is 4.24. The van der Waals surface area contributed by atoms with Crippen LogP contribution in [0.2, 0.25) is 0 Å². The van der Waals surface area contributed by atoms with Gasteiger partial charge in [0.05, 0.1) is 4.92 Å². The fraction of sp³-hybridized carbons (Fsp3) is 0.375. The molecule has 0 unspecified atom stereocenters. The third kappa shape index (κ3) is 3.64. The maximum atomic E-state index is 13.3. The van der Waals surface area contributed by atoms with Gasteiger partial charge in [0.1, 0.15) is 12.4 Å². The van der Waals surface area contributed by atoms with Crippen molar-refractivity contribution in [2.24, 2.45) is 5.92 Å². The maximum absolute atomic E-state index is 13.3. The molecule has 2 heterocycles. The van der Waals surface area contributed by atoms with Crippen LogP contribution < -0.4 is 4.90 Å². The van der Waals surface area contributed by atoms with Gasteiger partial charge in [0.2, 0.25) is 5.95 Å². The highest BCUT2D eigenvalue weighted by Crippen LogP contribution is 2.25. The number of nitrogens with zero attached hydrogens (tertiary/aromatic N) is 4. The first-order valence-corrected chi connectivity index (χ1v) is 7.68. The lowest BCUT2D eigenvalue weighted by Crippen LogP contribution is -2.35. The summed E-state index contributed by atoms with van der Waals surface area (Å²) >= 11 is 0. The van der Waals surface area contributed by atoms with E-state index in [0.29, 0.717) is 18.3 Å². The minimum absolute atomic E-state index is 0.132. The van der Waals surface area contributed by atoms with Gasteiger partial charge in [-0.15, -0.1) is 0 Å². The number of hydrogen-bond donors (Lipinski definition) is 0. The zero-order valence-electron chi connectivity index (χ0n) is 12.9. The lowest BCUT2D eigenvalue weighted by Gasteiger charge is -2.31. The monoisotopic (exact) mass is 334 g/mol. The number of halogens is 2. The summed E-state index contributed by atoms with van der Waals surface area (Å²) in [5.41, 5.74) is 0.658. The van der Waals surface area contributed by atoms with Crippen LogP contribution in [0.15, 0.2) is 30.6 Å². The number of piperidine rings is 1. The Bertz CT molecular complexity index is 731. The van der Waals surface area contributed by atoms with E-state index in [4.69, 9.17) is 0 Å². The fourth-order valence-electron chi connectivity index (χ4n) is 2.91. The van der Waals surface area contributed by atoms with E-state index in [0.717, 1.165) is 37.6 Å².